The molecule has 2 amide bonds. The molecule has 138 valence electrons. The molecule has 1 rings (SSSR count). The van der Waals surface area contributed by atoms with Gasteiger partial charge in [0.15, 0.2) is 0 Å². The molecule has 0 spiro atoms. The summed E-state index contributed by atoms with van der Waals surface area (Å²) in [5.74, 6) is -1.85. The highest BCUT2D eigenvalue weighted by Gasteiger charge is 2.21. The Kier molecular flexibility index (Phi) is 8.11. The molecule has 0 saturated carbocycles. The van der Waals surface area contributed by atoms with Gasteiger partial charge in [-0.05, 0) is 18.4 Å². The zero-order valence-corrected chi connectivity index (χ0v) is 15.2. The van der Waals surface area contributed by atoms with Crippen LogP contribution in [0, 0.1) is 11.3 Å². The van der Waals surface area contributed by atoms with Gasteiger partial charge in [0.1, 0.15) is 0 Å². The van der Waals surface area contributed by atoms with Crippen LogP contribution in [0.15, 0.2) is 30.3 Å². The number of carbonyl (C=O) groups excluding carboxylic acids is 2. The molecule has 0 radical (unpaired) electrons. The summed E-state index contributed by atoms with van der Waals surface area (Å²) in [5, 5.41) is 14.8. The predicted octanol–water partition coefficient (Wildman–Crippen LogP) is 1.99. The lowest BCUT2D eigenvalue weighted by Crippen LogP contribution is -2.36. The molecule has 0 bridgehead atoms. The quantitative estimate of drug-likeness (QED) is 0.595. The zero-order chi connectivity index (χ0) is 18.9. The Balaban J connectivity index is 2.31. The van der Waals surface area contributed by atoms with Crippen molar-refractivity contribution in [2.24, 2.45) is 11.3 Å². The first kappa shape index (κ1) is 20.7. The summed E-state index contributed by atoms with van der Waals surface area (Å²) in [6, 6.07) is 9.34. The second-order valence-corrected chi connectivity index (χ2v) is 7.14. The van der Waals surface area contributed by atoms with E-state index in [1.807, 2.05) is 51.1 Å². The lowest BCUT2D eigenvalue weighted by molar-refractivity contribution is -0.141. The van der Waals surface area contributed by atoms with Crippen LogP contribution in [0.1, 0.15) is 39.2 Å². The van der Waals surface area contributed by atoms with E-state index < -0.39 is 17.3 Å². The minimum Gasteiger partial charge on any atom is -0.481 e. The average Bonchev–Trinajstić information content (AvgIpc) is 2.55. The van der Waals surface area contributed by atoms with Crippen molar-refractivity contribution < 1.29 is 19.5 Å². The van der Waals surface area contributed by atoms with E-state index >= 15 is 0 Å². The molecule has 1 aromatic rings. The van der Waals surface area contributed by atoms with Crippen LogP contribution in [0.3, 0.4) is 0 Å². The van der Waals surface area contributed by atoms with Crippen molar-refractivity contribution in [2.45, 2.75) is 40.0 Å². The highest BCUT2D eigenvalue weighted by Crippen LogP contribution is 2.12. The Morgan fingerprint density at radius 3 is 2.28 bits per heavy atom. The molecule has 1 unspecified atom stereocenters. The number of hydrogen-bond donors (Lipinski definition) is 3. The van der Waals surface area contributed by atoms with Gasteiger partial charge in [0.05, 0.1) is 5.92 Å². The van der Waals surface area contributed by atoms with Gasteiger partial charge >= 0.3 is 5.97 Å². The number of carbonyl (C=O) groups is 3. The minimum absolute atomic E-state index is 0.0540. The molecule has 0 aliphatic heterocycles. The van der Waals surface area contributed by atoms with Gasteiger partial charge in [-0.25, -0.2) is 0 Å². The molecule has 0 saturated heterocycles. The van der Waals surface area contributed by atoms with Gasteiger partial charge in [0, 0.05) is 24.9 Å². The van der Waals surface area contributed by atoms with Crippen molar-refractivity contribution in [1.29, 1.82) is 0 Å². The Morgan fingerprint density at radius 1 is 1.08 bits per heavy atom. The Bertz CT molecular complexity index is 579. The first-order chi connectivity index (χ1) is 11.7. The van der Waals surface area contributed by atoms with Crippen molar-refractivity contribution in [3.05, 3.63) is 35.9 Å². The standard InChI is InChI=1S/C19H28N2O4/c1-19(2,3)18(25)20-11-7-10-16(22)21-13-15(17(23)24)12-14-8-5-4-6-9-14/h4-6,8-9,15H,7,10-13H2,1-3H3,(H,20,25)(H,21,22)(H,23,24). The molecular weight excluding hydrogens is 320 g/mol. The number of benzene rings is 1. The van der Waals surface area contributed by atoms with Crippen LogP contribution in [-0.2, 0) is 20.8 Å². The van der Waals surface area contributed by atoms with E-state index in [2.05, 4.69) is 10.6 Å². The highest BCUT2D eigenvalue weighted by atomic mass is 16.4. The molecule has 6 heteroatoms. The van der Waals surface area contributed by atoms with Crippen LogP contribution < -0.4 is 10.6 Å². The summed E-state index contributed by atoms with van der Waals surface area (Å²) < 4.78 is 0. The van der Waals surface area contributed by atoms with Gasteiger partial charge in [-0.1, -0.05) is 51.1 Å². The van der Waals surface area contributed by atoms with Gasteiger partial charge in [-0.3, -0.25) is 14.4 Å². The highest BCUT2D eigenvalue weighted by molar-refractivity contribution is 5.81. The van der Waals surface area contributed by atoms with Crippen LogP contribution in [0.5, 0.6) is 0 Å². The number of aliphatic carboxylic acids is 1. The first-order valence-electron chi connectivity index (χ1n) is 8.52. The summed E-state index contributed by atoms with van der Waals surface area (Å²) in [4.78, 5) is 34.9. The van der Waals surface area contributed by atoms with Crippen LogP contribution in [0.2, 0.25) is 0 Å². The van der Waals surface area contributed by atoms with Gasteiger partial charge in [0.25, 0.3) is 0 Å². The van der Waals surface area contributed by atoms with E-state index in [0.29, 0.717) is 19.4 Å². The largest absolute Gasteiger partial charge is 0.481 e. The summed E-state index contributed by atoms with van der Waals surface area (Å²) in [6.07, 6.45) is 1.14. The maximum atomic E-state index is 11.8. The normalized spacial score (nSPS) is 12.3. The summed E-state index contributed by atoms with van der Waals surface area (Å²) >= 11 is 0. The van der Waals surface area contributed by atoms with Crippen molar-refractivity contribution in [2.75, 3.05) is 13.1 Å². The number of carboxylic acids is 1. The van der Waals surface area contributed by atoms with Crippen LogP contribution in [-0.4, -0.2) is 36.0 Å². The first-order valence-corrected chi connectivity index (χ1v) is 8.52. The fourth-order valence-electron chi connectivity index (χ4n) is 2.19. The van der Waals surface area contributed by atoms with Gasteiger partial charge in [-0.15, -0.1) is 0 Å². The van der Waals surface area contributed by atoms with E-state index in [9.17, 15) is 19.5 Å². The lowest BCUT2D eigenvalue weighted by atomic mass is 9.96. The molecule has 0 aromatic heterocycles. The van der Waals surface area contributed by atoms with Gasteiger partial charge in [-0.2, -0.15) is 0 Å². The Hall–Kier alpha value is -2.37. The van der Waals surface area contributed by atoms with Crippen molar-refractivity contribution in [3.8, 4) is 0 Å². The Labute approximate surface area is 149 Å². The second kappa shape index (κ2) is 9.81. The molecule has 1 aromatic carbocycles. The molecule has 1 atom stereocenters. The molecule has 0 fully saturated rings. The summed E-state index contributed by atoms with van der Waals surface area (Å²) in [5.41, 5.74) is 0.475. The second-order valence-electron chi connectivity index (χ2n) is 7.14. The van der Waals surface area contributed by atoms with E-state index in [4.69, 9.17) is 0 Å². The number of rotatable bonds is 9. The lowest BCUT2D eigenvalue weighted by Gasteiger charge is -2.17. The topological polar surface area (TPSA) is 95.5 Å². The Morgan fingerprint density at radius 2 is 1.72 bits per heavy atom. The van der Waals surface area contributed by atoms with Crippen molar-refractivity contribution in [3.63, 3.8) is 0 Å². The summed E-state index contributed by atoms with van der Waals surface area (Å²) in [7, 11) is 0. The molecular formula is C19H28N2O4. The van der Waals surface area contributed by atoms with Crippen LogP contribution in [0.25, 0.3) is 0 Å². The number of carboxylic acid groups (broad SMARTS) is 1. The molecule has 0 heterocycles. The fourth-order valence-corrected chi connectivity index (χ4v) is 2.19. The molecule has 25 heavy (non-hydrogen) atoms. The van der Waals surface area contributed by atoms with E-state index in [-0.39, 0.29) is 24.8 Å². The zero-order valence-electron chi connectivity index (χ0n) is 15.2. The maximum absolute atomic E-state index is 11.8. The van der Waals surface area contributed by atoms with Crippen LogP contribution in [0.4, 0.5) is 0 Å². The number of hydrogen-bond acceptors (Lipinski definition) is 3. The summed E-state index contributed by atoms with van der Waals surface area (Å²) in [6.45, 7) is 6.00. The smallest absolute Gasteiger partial charge is 0.308 e. The molecule has 0 aliphatic carbocycles. The predicted molar refractivity (Wildman–Crippen MR) is 96.0 cm³/mol. The molecule has 6 nitrogen and oxygen atoms in total. The minimum atomic E-state index is -0.929. The third kappa shape index (κ3) is 8.33. The third-order valence-corrected chi connectivity index (χ3v) is 3.77. The van der Waals surface area contributed by atoms with E-state index in [1.54, 1.807) is 0 Å². The SMILES string of the molecule is CC(C)(C)C(=O)NCCCC(=O)NCC(Cc1ccccc1)C(=O)O. The van der Waals surface area contributed by atoms with Crippen LogP contribution >= 0.6 is 0 Å². The average molecular weight is 348 g/mol. The van der Waals surface area contributed by atoms with E-state index in [1.165, 1.54) is 0 Å². The molecule has 3 N–H and O–H groups in total. The van der Waals surface area contributed by atoms with E-state index in [0.717, 1.165) is 5.56 Å². The van der Waals surface area contributed by atoms with Gasteiger partial charge in [0.2, 0.25) is 11.8 Å². The fraction of sp³-hybridized carbons (Fsp3) is 0.526. The van der Waals surface area contributed by atoms with Gasteiger partial charge < -0.3 is 15.7 Å². The molecule has 0 aliphatic rings. The van der Waals surface area contributed by atoms with Crippen molar-refractivity contribution >= 4 is 17.8 Å². The number of nitrogens with one attached hydrogen (secondary N) is 2. The number of amides is 2. The van der Waals surface area contributed by atoms with Crippen molar-refractivity contribution in [1.82, 2.24) is 10.6 Å². The maximum Gasteiger partial charge on any atom is 0.308 e. The monoisotopic (exact) mass is 348 g/mol. The third-order valence-electron chi connectivity index (χ3n) is 3.77.